The number of nitriles is 1. The fourth-order valence-electron chi connectivity index (χ4n) is 4.32. The van der Waals surface area contributed by atoms with Crippen LogP contribution in [0.15, 0.2) is 48.5 Å². The maximum Gasteiger partial charge on any atom is 0.407 e. The Bertz CT molecular complexity index is 1030. The van der Waals surface area contributed by atoms with Crippen molar-refractivity contribution in [1.82, 2.24) is 10.2 Å². The number of rotatable bonds is 11. The molecule has 2 aromatic carbocycles. The first-order valence-electron chi connectivity index (χ1n) is 11.4. The van der Waals surface area contributed by atoms with E-state index in [9.17, 15) is 14.4 Å². The van der Waals surface area contributed by atoms with Crippen LogP contribution in [-0.2, 0) is 14.3 Å². The minimum atomic E-state index is -1.13. The van der Waals surface area contributed by atoms with Gasteiger partial charge in [0.05, 0.1) is 6.07 Å². The number of likely N-dealkylation sites (N-methyl/N-ethyl adjacent to an activating group) is 1. The van der Waals surface area contributed by atoms with Crippen molar-refractivity contribution in [3.8, 4) is 17.2 Å². The van der Waals surface area contributed by atoms with Gasteiger partial charge in [-0.15, -0.1) is 0 Å². The van der Waals surface area contributed by atoms with Crippen molar-refractivity contribution >= 4 is 18.0 Å². The van der Waals surface area contributed by atoms with Crippen LogP contribution < -0.4 is 5.32 Å². The number of nitrogens with one attached hydrogen (secondary N) is 1. The molecule has 2 N–H and O–H groups in total. The van der Waals surface area contributed by atoms with E-state index in [-0.39, 0.29) is 19.1 Å². The third-order valence-corrected chi connectivity index (χ3v) is 5.98. The first-order valence-corrected chi connectivity index (χ1v) is 11.4. The molecule has 0 aliphatic heterocycles. The lowest BCUT2D eigenvalue weighted by Gasteiger charge is -2.25. The van der Waals surface area contributed by atoms with Crippen molar-refractivity contribution in [3.63, 3.8) is 0 Å². The number of nitrogens with zero attached hydrogens (tertiary/aromatic N) is 2. The van der Waals surface area contributed by atoms with Gasteiger partial charge in [-0.1, -0.05) is 48.5 Å². The molecule has 0 aromatic heterocycles. The van der Waals surface area contributed by atoms with Crippen LogP contribution in [0, 0.1) is 11.3 Å². The van der Waals surface area contributed by atoms with E-state index in [0.29, 0.717) is 25.7 Å². The van der Waals surface area contributed by atoms with E-state index in [2.05, 4.69) is 11.4 Å². The number of hydrogen-bond donors (Lipinski definition) is 2. The number of alkyl carbamates (subject to hydrolysis) is 1. The van der Waals surface area contributed by atoms with Gasteiger partial charge in [-0.05, 0) is 48.4 Å². The van der Waals surface area contributed by atoms with Gasteiger partial charge in [0.15, 0.2) is 0 Å². The summed E-state index contributed by atoms with van der Waals surface area (Å²) in [6, 6.07) is 17.1. The van der Waals surface area contributed by atoms with Gasteiger partial charge in [0.25, 0.3) is 0 Å². The molecule has 1 atom stereocenters. The smallest absolute Gasteiger partial charge is 0.407 e. The number of aliphatic carboxylic acids is 1. The summed E-state index contributed by atoms with van der Waals surface area (Å²) in [6.07, 6.45) is 1.03. The third-order valence-electron chi connectivity index (χ3n) is 5.98. The molecule has 1 aliphatic rings. The van der Waals surface area contributed by atoms with Gasteiger partial charge in [0.1, 0.15) is 19.2 Å². The Hall–Kier alpha value is -3.86. The van der Waals surface area contributed by atoms with Crippen LogP contribution in [-0.4, -0.2) is 53.7 Å². The predicted octanol–water partition coefficient (Wildman–Crippen LogP) is 3.91. The van der Waals surface area contributed by atoms with Gasteiger partial charge in [-0.25, -0.2) is 4.79 Å². The number of carboxylic acid groups (broad SMARTS) is 1. The maximum atomic E-state index is 12.9. The monoisotopic (exact) mass is 463 g/mol. The van der Waals surface area contributed by atoms with Crippen LogP contribution in [0.3, 0.4) is 0 Å². The van der Waals surface area contributed by atoms with E-state index >= 15 is 0 Å². The normalized spacial score (nSPS) is 12.7. The zero-order valence-electron chi connectivity index (χ0n) is 19.2. The molecular weight excluding hydrogens is 434 g/mol. The molecule has 2 aromatic rings. The van der Waals surface area contributed by atoms with Gasteiger partial charge in [0, 0.05) is 18.9 Å². The number of benzene rings is 2. The predicted molar refractivity (Wildman–Crippen MR) is 126 cm³/mol. The Morgan fingerprint density at radius 3 is 2.26 bits per heavy atom. The number of fused-ring (bicyclic) bond motifs is 3. The Kier molecular flexibility index (Phi) is 8.63. The number of amides is 2. The van der Waals surface area contributed by atoms with Crippen molar-refractivity contribution in [2.75, 3.05) is 19.7 Å². The zero-order chi connectivity index (χ0) is 24.5. The number of carbonyl (C=O) groups excluding carboxylic acids is 2. The molecule has 34 heavy (non-hydrogen) atoms. The molecule has 3 rings (SSSR count). The van der Waals surface area contributed by atoms with E-state index in [0.717, 1.165) is 22.3 Å². The van der Waals surface area contributed by atoms with Crippen LogP contribution in [0.5, 0.6) is 0 Å². The summed E-state index contributed by atoms with van der Waals surface area (Å²) in [5, 5.41) is 20.5. The van der Waals surface area contributed by atoms with Crippen molar-refractivity contribution in [2.45, 2.75) is 44.6 Å². The highest BCUT2D eigenvalue weighted by Gasteiger charge is 2.30. The highest BCUT2D eigenvalue weighted by Crippen LogP contribution is 2.44. The Morgan fingerprint density at radius 2 is 1.71 bits per heavy atom. The molecular formula is C26H29N3O5. The quantitative estimate of drug-likeness (QED) is 0.488. The minimum absolute atomic E-state index is 0.109. The lowest BCUT2D eigenvalue weighted by atomic mass is 9.98. The average Bonchev–Trinajstić information content (AvgIpc) is 3.16. The van der Waals surface area contributed by atoms with Gasteiger partial charge in [-0.3, -0.25) is 9.59 Å². The number of ether oxygens (including phenoxy) is 1. The second-order valence-electron chi connectivity index (χ2n) is 8.17. The zero-order valence-corrected chi connectivity index (χ0v) is 19.2. The van der Waals surface area contributed by atoms with E-state index in [1.54, 1.807) is 6.92 Å². The lowest BCUT2D eigenvalue weighted by molar-refractivity contribution is -0.145. The van der Waals surface area contributed by atoms with Gasteiger partial charge >= 0.3 is 12.1 Å². The van der Waals surface area contributed by atoms with Crippen LogP contribution in [0.4, 0.5) is 4.79 Å². The van der Waals surface area contributed by atoms with E-state index < -0.39 is 30.6 Å². The number of carbonyl (C=O) groups is 3. The molecule has 8 heteroatoms. The van der Waals surface area contributed by atoms with E-state index in [1.807, 2.05) is 48.5 Å². The molecule has 178 valence electrons. The molecule has 0 saturated carbocycles. The molecule has 0 bridgehead atoms. The highest BCUT2D eigenvalue weighted by molar-refractivity contribution is 5.88. The van der Waals surface area contributed by atoms with E-state index in [1.165, 1.54) is 4.90 Å². The van der Waals surface area contributed by atoms with E-state index in [4.69, 9.17) is 15.1 Å². The van der Waals surface area contributed by atoms with Crippen LogP contribution in [0.1, 0.15) is 49.7 Å². The van der Waals surface area contributed by atoms with Crippen LogP contribution >= 0.6 is 0 Å². The Labute approximate surface area is 199 Å². The van der Waals surface area contributed by atoms with Crippen molar-refractivity contribution in [1.29, 1.82) is 5.26 Å². The second kappa shape index (κ2) is 11.8. The summed E-state index contributed by atoms with van der Waals surface area (Å²) in [6.45, 7) is 1.55. The molecule has 0 heterocycles. The molecule has 1 aliphatic carbocycles. The van der Waals surface area contributed by atoms with Gasteiger partial charge in [-0.2, -0.15) is 5.26 Å². The largest absolute Gasteiger partial charge is 0.480 e. The summed E-state index contributed by atoms with van der Waals surface area (Å²) >= 11 is 0. The molecule has 0 spiro atoms. The molecule has 8 nitrogen and oxygen atoms in total. The SMILES string of the molecule is CCN(CC(=O)O)C(=O)C(CCCCC#N)NC(=O)OCC1c2ccccc2-c2ccccc21. The fraction of sp³-hybridized carbons (Fsp3) is 0.385. The summed E-state index contributed by atoms with van der Waals surface area (Å²) in [5.41, 5.74) is 4.40. The first kappa shape index (κ1) is 24.8. The van der Waals surface area contributed by atoms with Crippen molar-refractivity contribution < 1.29 is 24.2 Å². The molecule has 2 amide bonds. The Balaban J connectivity index is 1.67. The summed E-state index contributed by atoms with van der Waals surface area (Å²) in [7, 11) is 0. The third kappa shape index (κ3) is 5.93. The van der Waals surface area contributed by atoms with Gasteiger partial charge in [0.2, 0.25) is 5.91 Å². The Morgan fingerprint density at radius 1 is 1.09 bits per heavy atom. The number of carboxylic acids is 1. The summed E-state index contributed by atoms with van der Waals surface area (Å²) < 4.78 is 5.55. The first-order chi connectivity index (χ1) is 16.5. The maximum absolute atomic E-state index is 12.9. The summed E-state index contributed by atoms with van der Waals surface area (Å²) in [4.78, 5) is 37.9. The molecule has 1 unspecified atom stereocenters. The second-order valence-corrected chi connectivity index (χ2v) is 8.17. The number of hydrogen-bond acceptors (Lipinski definition) is 5. The average molecular weight is 464 g/mol. The van der Waals surface area contributed by atoms with Crippen molar-refractivity contribution in [3.05, 3.63) is 59.7 Å². The molecule has 0 radical (unpaired) electrons. The van der Waals surface area contributed by atoms with Gasteiger partial charge < -0.3 is 20.1 Å². The molecule has 0 fully saturated rings. The van der Waals surface area contributed by atoms with Crippen LogP contribution in [0.25, 0.3) is 11.1 Å². The van der Waals surface area contributed by atoms with Crippen LogP contribution in [0.2, 0.25) is 0 Å². The topological polar surface area (TPSA) is 120 Å². The minimum Gasteiger partial charge on any atom is -0.480 e. The summed E-state index contributed by atoms with van der Waals surface area (Å²) in [5.74, 6) is -1.71. The highest BCUT2D eigenvalue weighted by atomic mass is 16.5. The lowest BCUT2D eigenvalue weighted by Crippen LogP contribution is -2.50. The standard InChI is InChI=1S/C26H29N3O5/c1-2-29(16-24(30)31)25(32)23(14-4-3-9-15-27)28-26(33)34-17-22-20-12-7-5-10-18(20)19-11-6-8-13-21(19)22/h5-8,10-13,22-23H,2-4,9,14,16-17H2,1H3,(H,28,33)(H,30,31). The van der Waals surface area contributed by atoms with Crippen molar-refractivity contribution in [2.24, 2.45) is 0 Å². The number of unbranched alkanes of at least 4 members (excludes halogenated alkanes) is 2. The molecule has 0 saturated heterocycles. The fourth-order valence-corrected chi connectivity index (χ4v) is 4.32.